The van der Waals surface area contributed by atoms with Gasteiger partial charge in [0.25, 0.3) is 5.88 Å². The highest BCUT2D eigenvalue weighted by molar-refractivity contribution is 5.48. The summed E-state index contributed by atoms with van der Waals surface area (Å²) in [6.07, 6.45) is 2.95. The molecule has 0 radical (unpaired) electrons. The number of nitro groups is 1. The number of pyridine rings is 1. The summed E-state index contributed by atoms with van der Waals surface area (Å²) in [5.74, 6) is 1.94. The maximum Gasteiger partial charge on any atom is 0.331 e. The van der Waals surface area contributed by atoms with Gasteiger partial charge in [0.05, 0.1) is 4.92 Å². The van der Waals surface area contributed by atoms with Crippen molar-refractivity contribution >= 4 is 11.5 Å². The third-order valence-electron chi connectivity index (χ3n) is 4.12. The molecule has 6 nitrogen and oxygen atoms in total. The van der Waals surface area contributed by atoms with E-state index in [9.17, 15) is 10.1 Å². The summed E-state index contributed by atoms with van der Waals surface area (Å²) in [6, 6.07) is 3.01. The van der Waals surface area contributed by atoms with Gasteiger partial charge >= 0.3 is 5.69 Å². The first kappa shape index (κ1) is 14.6. The van der Waals surface area contributed by atoms with Gasteiger partial charge in [0, 0.05) is 13.1 Å². The molecule has 0 bridgehead atoms. The minimum Gasteiger partial charge on any atom is -0.469 e. The highest BCUT2D eigenvalue weighted by atomic mass is 16.6. The topological polar surface area (TPSA) is 77.3 Å². The van der Waals surface area contributed by atoms with Gasteiger partial charge in [-0.3, -0.25) is 10.1 Å². The first-order valence-corrected chi connectivity index (χ1v) is 7.01. The summed E-state index contributed by atoms with van der Waals surface area (Å²) < 4.78 is 5.82. The van der Waals surface area contributed by atoms with Crippen LogP contribution in [0.2, 0.25) is 0 Å². The van der Waals surface area contributed by atoms with Crippen molar-refractivity contribution < 1.29 is 9.66 Å². The van der Waals surface area contributed by atoms with E-state index < -0.39 is 4.92 Å². The van der Waals surface area contributed by atoms with E-state index in [1.807, 2.05) is 0 Å². The fourth-order valence-electron chi connectivity index (χ4n) is 2.56. The molecule has 2 rings (SSSR count). The van der Waals surface area contributed by atoms with Crippen LogP contribution in [0.3, 0.4) is 0 Å². The zero-order chi connectivity index (χ0) is 14.7. The lowest BCUT2D eigenvalue weighted by Crippen LogP contribution is -2.29. The van der Waals surface area contributed by atoms with Crippen molar-refractivity contribution in [2.75, 3.05) is 12.4 Å². The van der Waals surface area contributed by atoms with Crippen molar-refractivity contribution in [3.05, 3.63) is 22.2 Å². The number of hydrogen-bond donors (Lipinski definition) is 1. The van der Waals surface area contributed by atoms with E-state index in [2.05, 4.69) is 24.1 Å². The Kier molecular flexibility index (Phi) is 4.42. The summed E-state index contributed by atoms with van der Waals surface area (Å²) >= 11 is 0. The monoisotopic (exact) mass is 279 g/mol. The fraction of sp³-hybridized carbons (Fsp3) is 0.643. The molecule has 1 N–H and O–H groups in total. The summed E-state index contributed by atoms with van der Waals surface area (Å²) in [7, 11) is 1.72. The molecular formula is C14H21N3O3. The number of nitrogens with zero attached hydrogens (tertiary/aromatic N) is 2. The first-order valence-electron chi connectivity index (χ1n) is 7.01. The second kappa shape index (κ2) is 6.07. The number of rotatable bonds is 4. The van der Waals surface area contributed by atoms with Gasteiger partial charge in [0.15, 0.2) is 0 Å². The van der Waals surface area contributed by atoms with Crippen molar-refractivity contribution in [2.24, 2.45) is 11.8 Å². The maximum absolute atomic E-state index is 11.0. The van der Waals surface area contributed by atoms with Crippen molar-refractivity contribution in [1.82, 2.24) is 4.98 Å². The molecule has 1 heterocycles. The molecular weight excluding hydrogens is 258 g/mol. The molecule has 0 saturated heterocycles. The second-order valence-electron chi connectivity index (χ2n) is 5.54. The standard InChI is InChI=1S/C14H21N3O3/c1-9-4-5-11(8-10(9)2)20-14-12(17(18)19)6-7-13(15-3)16-14/h6-7,9-11H,4-5,8H2,1-3H3,(H,15,16). The minimum absolute atomic E-state index is 0.0134. The zero-order valence-corrected chi connectivity index (χ0v) is 12.1. The molecule has 20 heavy (non-hydrogen) atoms. The lowest BCUT2D eigenvalue weighted by molar-refractivity contribution is -0.386. The van der Waals surface area contributed by atoms with E-state index in [4.69, 9.17) is 4.74 Å². The molecule has 0 amide bonds. The Balaban J connectivity index is 2.17. The molecule has 3 atom stereocenters. The predicted octanol–water partition coefficient (Wildman–Crippen LogP) is 3.24. The molecule has 1 aromatic heterocycles. The fourth-order valence-corrected chi connectivity index (χ4v) is 2.56. The smallest absolute Gasteiger partial charge is 0.331 e. The van der Waals surface area contributed by atoms with Gasteiger partial charge in [-0.05, 0) is 37.2 Å². The lowest BCUT2D eigenvalue weighted by atomic mass is 9.80. The van der Waals surface area contributed by atoms with Crippen LogP contribution in [0.15, 0.2) is 12.1 Å². The molecule has 1 aromatic rings. The molecule has 0 aliphatic heterocycles. The van der Waals surface area contributed by atoms with E-state index in [-0.39, 0.29) is 17.7 Å². The quantitative estimate of drug-likeness (QED) is 0.676. The Morgan fingerprint density at radius 2 is 2.10 bits per heavy atom. The SMILES string of the molecule is CNc1ccc([N+](=O)[O-])c(OC2CCC(C)C(C)C2)n1. The van der Waals surface area contributed by atoms with E-state index in [1.54, 1.807) is 13.1 Å². The molecule has 1 aliphatic rings. The van der Waals surface area contributed by atoms with Gasteiger partial charge in [-0.25, -0.2) is 0 Å². The predicted molar refractivity (Wildman–Crippen MR) is 77.0 cm³/mol. The first-order chi connectivity index (χ1) is 9.51. The normalized spacial score (nSPS) is 26.1. The lowest BCUT2D eigenvalue weighted by Gasteiger charge is -2.31. The van der Waals surface area contributed by atoms with E-state index in [0.717, 1.165) is 19.3 Å². The molecule has 110 valence electrons. The minimum atomic E-state index is -0.448. The Morgan fingerprint density at radius 1 is 1.35 bits per heavy atom. The van der Waals surface area contributed by atoms with Crippen molar-refractivity contribution in [3.8, 4) is 5.88 Å². The van der Waals surface area contributed by atoms with Gasteiger partial charge in [0.2, 0.25) is 0 Å². The summed E-state index contributed by atoms with van der Waals surface area (Å²) in [6.45, 7) is 4.44. The van der Waals surface area contributed by atoms with Crippen LogP contribution in [-0.4, -0.2) is 23.1 Å². The van der Waals surface area contributed by atoms with E-state index in [0.29, 0.717) is 17.7 Å². The van der Waals surface area contributed by atoms with Gasteiger partial charge in [0.1, 0.15) is 11.9 Å². The third-order valence-corrected chi connectivity index (χ3v) is 4.12. The van der Waals surface area contributed by atoms with Crippen LogP contribution < -0.4 is 10.1 Å². The Labute approximate surface area is 118 Å². The van der Waals surface area contributed by atoms with Crippen molar-refractivity contribution in [2.45, 2.75) is 39.2 Å². The Hall–Kier alpha value is -1.85. The number of anilines is 1. The van der Waals surface area contributed by atoms with Crippen LogP contribution in [-0.2, 0) is 0 Å². The molecule has 3 unspecified atom stereocenters. The maximum atomic E-state index is 11.0. The Bertz CT molecular complexity index is 493. The average molecular weight is 279 g/mol. The highest BCUT2D eigenvalue weighted by Gasteiger charge is 2.28. The number of hydrogen-bond acceptors (Lipinski definition) is 5. The number of ether oxygens (including phenoxy) is 1. The van der Waals surface area contributed by atoms with Crippen LogP contribution in [0.25, 0.3) is 0 Å². The summed E-state index contributed by atoms with van der Waals surface area (Å²) in [5, 5.41) is 13.9. The number of nitrogens with one attached hydrogen (secondary N) is 1. The summed E-state index contributed by atoms with van der Waals surface area (Å²) in [5.41, 5.74) is -0.0738. The van der Waals surface area contributed by atoms with Crippen LogP contribution >= 0.6 is 0 Å². The van der Waals surface area contributed by atoms with Crippen molar-refractivity contribution in [1.29, 1.82) is 0 Å². The molecule has 6 heteroatoms. The largest absolute Gasteiger partial charge is 0.469 e. The molecule has 1 fully saturated rings. The van der Waals surface area contributed by atoms with Crippen LogP contribution in [0.4, 0.5) is 11.5 Å². The van der Waals surface area contributed by atoms with Gasteiger partial charge < -0.3 is 10.1 Å². The Morgan fingerprint density at radius 3 is 2.70 bits per heavy atom. The molecule has 0 aromatic carbocycles. The third kappa shape index (κ3) is 3.18. The zero-order valence-electron chi connectivity index (χ0n) is 12.1. The molecule has 1 saturated carbocycles. The average Bonchev–Trinajstić information content (AvgIpc) is 2.42. The van der Waals surface area contributed by atoms with Gasteiger partial charge in [-0.1, -0.05) is 13.8 Å². The summed E-state index contributed by atoms with van der Waals surface area (Å²) in [4.78, 5) is 14.8. The molecule has 1 aliphatic carbocycles. The van der Waals surface area contributed by atoms with Gasteiger partial charge in [-0.2, -0.15) is 4.98 Å². The highest BCUT2D eigenvalue weighted by Crippen LogP contribution is 2.34. The number of aromatic nitrogens is 1. The van der Waals surface area contributed by atoms with Crippen LogP contribution in [0.1, 0.15) is 33.1 Å². The van der Waals surface area contributed by atoms with Crippen LogP contribution in [0.5, 0.6) is 5.88 Å². The second-order valence-corrected chi connectivity index (χ2v) is 5.54. The molecule has 0 spiro atoms. The van der Waals surface area contributed by atoms with E-state index >= 15 is 0 Å². The van der Waals surface area contributed by atoms with E-state index in [1.165, 1.54) is 6.07 Å². The van der Waals surface area contributed by atoms with Gasteiger partial charge in [-0.15, -0.1) is 0 Å². The van der Waals surface area contributed by atoms with Crippen molar-refractivity contribution in [3.63, 3.8) is 0 Å². The van der Waals surface area contributed by atoms with Crippen LogP contribution in [0, 0.1) is 22.0 Å².